The second-order valence-corrected chi connectivity index (χ2v) is 5.59. The standard InChI is InChI=1S/C18H17ClN2/c1-12(20)17-11-14-7-6-10-16(19)18(14)13(2)21(17)15-8-4-3-5-9-15/h3-12H,2,20H2,1H3/t12-/m0/s1. The number of hydrogen-bond donors (Lipinski definition) is 1. The predicted octanol–water partition coefficient (Wildman–Crippen LogP) is 4.52. The highest BCUT2D eigenvalue weighted by Gasteiger charge is 2.26. The fraction of sp³-hybridized carbons (Fsp3) is 0.111. The van der Waals surface area contributed by atoms with E-state index in [2.05, 4.69) is 17.6 Å². The fourth-order valence-corrected chi connectivity index (χ4v) is 2.97. The summed E-state index contributed by atoms with van der Waals surface area (Å²) in [6, 6.07) is 15.9. The maximum atomic E-state index is 6.37. The summed E-state index contributed by atoms with van der Waals surface area (Å²) < 4.78 is 0. The van der Waals surface area contributed by atoms with E-state index in [1.54, 1.807) is 0 Å². The van der Waals surface area contributed by atoms with Crippen molar-refractivity contribution in [3.63, 3.8) is 0 Å². The molecule has 2 nitrogen and oxygen atoms in total. The molecule has 21 heavy (non-hydrogen) atoms. The molecule has 106 valence electrons. The molecular formula is C18H17ClN2. The number of para-hydroxylation sites is 1. The molecule has 2 aromatic rings. The average Bonchev–Trinajstić information content (AvgIpc) is 2.47. The molecular weight excluding hydrogens is 280 g/mol. The highest BCUT2D eigenvalue weighted by atomic mass is 35.5. The van der Waals surface area contributed by atoms with Crippen LogP contribution in [0.4, 0.5) is 5.69 Å². The normalized spacial score (nSPS) is 15.5. The lowest BCUT2D eigenvalue weighted by Gasteiger charge is -2.36. The van der Waals surface area contributed by atoms with E-state index in [-0.39, 0.29) is 6.04 Å². The lowest BCUT2D eigenvalue weighted by atomic mass is 9.96. The Bertz CT molecular complexity index is 717. The van der Waals surface area contributed by atoms with Crippen molar-refractivity contribution in [2.24, 2.45) is 5.73 Å². The molecule has 1 aliphatic rings. The zero-order valence-corrected chi connectivity index (χ0v) is 12.6. The molecule has 2 N–H and O–H groups in total. The van der Waals surface area contributed by atoms with Crippen LogP contribution in [0.3, 0.4) is 0 Å². The lowest BCUT2D eigenvalue weighted by Crippen LogP contribution is -2.34. The van der Waals surface area contributed by atoms with Gasteiger partial charge in [0.25, 0.3) is 0 Å². The van der Waals surface area contributed by atoms with Crippen LogP contribution in [0.15, 0.2) is 60.8 Å². The molecule has 1 aliphatic heterocycles. The minimum absolute atomic E-state index is 0.103. The van der Waals surface area contributed by atoms with E-state index < -0.39 is 0 Å². The zero-order chi connectivity index (χ0) is 15.0. The first kappa shape index (κ1) is 13.9. The maximum Gasteiger partial charge on any atom is 0.0505 e. The first-order valence-corrected chi connectivity index (χ1v) is 7.27. The van der Waals surface area contributed by atoms with Crippen LogP contribution in [0, 0.1) is 0 Å². The van der Waals surface area contributed by atoms with Gasteiger partial charge in [-0.2, -0.15) is 0 Å². The summed E-state index contributed by atoms with van der Waals surface area (Å²) in [5.74, 6) is 0. The number of benzene rings is 2. The minimum Gasteiger partial charge on any atom is -0.323 e. The Labute approximate surface area is 130 Å². The van der Waals surface area contributed by atoms with Gasteiger partial charge < -0.3 is 10.6 Å². The van der Waals surface area contributed by atoms with Crippen LogP contribution in [0.25, 0.3) is 11.8 Å². The maximum absolute atomic E-state index is 6.37. The van der Waals surface area contributed by atoms with Gasteiger partial charge in [-0.3, -0.25) is 0 Å². The Morgan fingerprint density at radius 2 is 1.81 bits per heavy atom. The first-order valence-electron chi connectivity index (χ1n) is 6.89. The molecule has 0 radical (unpaired) electrons. The minimum atomic E-state index is -0.103. The van der Waals surface area contributed by atoms with Crippen molar-refractivity contribution in [1.29, 1.82) is 0 Å². The molecule has 0 aromatic heterocycles. The molecule has 0 spiro atoms. The van der Waals surface area contributed by atoms with E-state index in [9.17, 15) is 0 Å². The third kappa shape index (κ3) is 2.37. The summed E-state index contributed by atoms with van der Waals surface area (Å²) in [6.45, 7) is 6.23. The van der Waals surface area contributed by atoms with Gasteiger partial charge in [-0.15, -0.1) is 0 Å². The molecule has 0 aliphatic carbocycles. The summed E-state index contributed by atoms with van der Waals surface area (Å²) in [7, 11) is 0. The Kier molecular flexibility index (Phi) is 3.58. The number of anilines is 1. The van der Waals surface area contributed by atoms with E-state index in [0.29, 0.717) is 5.02 Å². The van der Waals surface area contributed by atoms with Crippen LogP contribution < -0.4 is 10.6 Å². The second kappa shape index (κ2) is 5.40. The van der Waals surface area contributed by atoms with Gasteiger partial charge >= 0.3 is 0 Å². The molecule has 3 heteroatoms. The van der Waals surface area contributed by atoms with Crippen molar-refractivity contribution in [2.45, 2.75) is 13.0 Å². The van der Waals surface area contributed by atoms with Crippen molar-refractivity contribution >= 4 is 29.1 Å². The molecule has 0 saturated heterocycles. The number of rotatable bonds is 2. The molecule has 1 atom stereocenters. The predicted molar refractivity (Wildman–Crippen MR) is 91.0 cm³/mol. The van der Waals surface area contributed by atoms with Crippen LogP contribution in [0.5, 0.6) is 0 Å². The van der Waals surface area contributed by atoms with Gasteiger partial charge in [0.1, 0.15) is 0 Å². The van der Waals surface area contributed by atoms with E-state index in [1.165, 1.54) is 0 Å². The number of nitrogens with zero attached hydrogens (tertiary/aromatic N) is 1. The van der Waals surface area contributed by atoms with Gasteiger partial charge in [-0.25, -0.2) is 0 Å². The first-order chi connectivity index (χ1) is 10.1. The molecule has 0 saturated carbocycles. The second-order valence-electron chi connectivity index (χ2n) is 5.18. The van der Waals surface area contributed by atoms with Crippen molar-refractivity contribution in [2.75, 3.05) is 4.90 Å². The van der Waals surface area contributed by atoms with Crippen LogP contribution >= 0.6 is 11.6 Å². The van der Waals surface area contributed by atoms with Gasteiger partial charge in [0.15, 0.2) is 0 Å². The Morgan fingerprint density at radius 1 is 1.10 bits per heavy atom. The average molecular weight is 297 g/mol. The van der Waals surface area contributed by atoms with Crippen molar-refractivity contribution in [3.05, 3.63) is 77.0 Å². The highest BCUT2D eigenvalue weighted by Crippen LogP contribution is 2.40. The monoisotopic (exact) mass is 296 g/mol. The summed E-state index contributed by atoms with van der Waals surface area (Å²) >= 11 is 6.37. The Morgan fingerprint density at radius 3 is 2.48 bits per heavy atom. The number of hydrogen-bond acceptors (Lipinski definition) is 2. The molecule has 0 amide bonds. The van der Waals surface area contributed by atoms with E-state index in [4.69, 9.17) is 17.3 Å². The molecule has 0 unspecified atom stereocenters. The molecule has 3 rings (SSSR count). The highest BCUT2D eigenvalue weighted by molar-refractivity contribution is 6.33. The topological polar surface area (TPSA) is 29.3 Å². The van der Waals surface area contributed by atoms with Crippen LogP contribution in [0.1, 0.15) is 18.1 Å². The molecule has 0 bridgehead atoms. The van der Waals surface area contributed by atoms with Gasteiger partial charge in [0.05, 0.1) is 5.02 Å². The van der Waals surface area contributed by atoms with Gasteiger partial charge in [-0.1, -0.05) is 48.5 Å². The van der Waals surface area contributed by atoms with Crippen LogP contribution in [-0.2, 0) is 0 Å². The number of halogens is 1. The third-order valence-corrected chi connectivity index (χ3v) is 3.96. The quantitative estimate of drug-likeness (QED) is 0.883. The zero-order valence-electron chi connectivity index (χ0n) is 11.9. The van der Waals surface area contributed by atoms with Crippen molar-refractivity contribution < 1.29 is 0 Å². The summed E-state index contributed by atoms with van der Waals surface area (Å²) in [4.78, 5) is 2.08. The largest absolute Gasteiger partial charge is 0.323 e. The molecule has 0 fully saturated rings. The summed E-state index contributed by atoms with van der Waals surface area (Å²) in [5, 5.41) is 0.707. The van der Waals surface area contributed by atoms with Gasteiger partial charge in [0, 0.05) is 28.7 Å². The van der Waals surface area contributed by atoms with Crippen molar-refractivity contribution in [1.82, 2.24) is 0 Å². The summed E-state index contributed by atoms with van der Waals surface area (Å²) in [6.07, 6.45) is 2.09. The Hall–Kier alpha value is -2.03. The van der Waals surface area contributed by atoms with Crippen LogP contribution in [0.2, 0.25) is 5.02 Å². The number of nitrogens with two attached hydrogens (primary N) is 1. The van der Waals surface area contributed by atoms with Crippen LogP contribution in [-0.4, -0.2) is 6.04 Å². The van der Waals surface area contributed by atoms with Gasteiger partial charge in [0.2, 0.25) is 0 Å². The Balaban J connectivity index is 2.22. The van der Waals surface area contributed by atoms with Crippen molar-refractivity contribution in [3.8, 4) is 0 Å². The fourth-order valence-electron chi connectivity index (χ4n) is 2.67. The lowest BCUT2D eigenvalue weighted by molar-refractivity contribution is 0.837. The number of fused-ring (bicyclic) bond motifs is 1. The van der Waals surface area contributed by atoms with E-state index in [1.807, 2.05) is 55.5 Å². The van der Waals surface area contributed by atoms with Gasteiger partial charge in [-0.05, 0) is 36.8 Å². The SMILES string of the molecule is C=C1c2c(Cl)cccc2C=C([C@H](C)N)N1c1ccccc1. The van der Waals surface area contributed by atoms with E-state index >= 15 is 0 Å². The smallest absolute Gasteiger partial charge is 0.0505 e. The van der Waals surface area contributed by atoms with E-state index in [0.717, 1.165) is 28.2 Å². The molecule has 2 aromatic carbocycles. The summed E-state index contributed by atoms with van der Waals surface area (Å²) in [5.41, 5.74) is 11.1. The molecule has 1 heterocycles. The third-order valence-electron chi connectivity index (χ3n) is 3.65.